The van der Waals surface area contributed by atoms with Gasteiger partial charge in [0.1, 0.15) is 0 Å². The number of anilines is 1. The molecule has 5 nitrogen and oxygen atoms in total. The van der Waals surface area contributed by atoms with E-state index in [2.05, 4.69) is 29.6 Å². The molecule has 5 heteroatoms. The highest BCUT2D eigenvalue weighted by molar-refractivity contribution is 5.84. The number of carbonyl (C=O) groups is 2. The van der Waals surface area contributed by atoms with Crippen molar-refractivity contribution >= 4 is 17.5 Å². The van der Waals surface area contributed by atoms with E-state index in [9.17, 15) is 9.59 Å². The van der Waals surface area contributed by atoms with Gasteiger partial charge in [0, 0.05) is 25.2 Å². The van der Waals surface area contributed by atoms with E-state index in [4.69, 9.17) is 5.73 Å². The van der Waals surface area contributed by atoms with Gasteiger partial charge in [0.25, 0.3) is 0 Å². The lowest BCUT2D eigenvalue weighted by molar-refractivity contribution is -0.134. The number of hydrogen-bond donors (Lipinski definition) is 2. The zero-order valence-electron chi connectivity index (χ0n) is 16.3. The second-order valence-corrected chi connectivity index (χ2v) is 7.49. The van der Waals surface area contributed by atoms with Crippen LogP contribution in [0.2, 0.25) is 0 Å². The summed E-state index contributed by atoms with van der Waals surface area (Å²) in [7, 11) is 0. The van der Waals surface area contributed by atoms with E-state index in [-0.39, 0.29) is 18.4 Å². The van der Waals surface area contributed by atoms with Gasteiger partial charge in [-0.3, -0.25) is 9.59 Å². The number of piperidine rings is 1. The fourth-order valence-corrected chi connectivity index (χ4v) is 3.72. The van der Waals surface area contributed by atoms with Crippen LogP contribution in [0, 0.1) is 5.92 Å². The van der Waals surface area contributed by atoms with E-state index in [0.717, 1.165) is 37.9 Å². The van der Waals surface area contributed by atoms with E-state index < -0.39 is 0 Å². The van der Waals surface area contributed by atoms with E-state index in [0.29, 0.717) is 24.4 Å². The van der Waals surface area contributed by atoms with Crippen molar-refractivity contribution < 1.29 is 9.59 Å². The third-order valence-electron chi connectivity index (χ3n) is 5.45. The van der Waals surface area contributed by atoms with E-state index >= 15 is 0 Å². The molecule has 3 N–H and O–H groups in total. The van der Waals surface area contributed by atoms with Gasteiger partial charge < -0.3 is 16.0 Å². The summed E-state index contributed by atoms with van der Waals surface area (Å²) in [6, 6.07) is 18.0. The second kappa shape index (κ2) is 9.93. The van der Waals surface area contributed by atoms with Crippen molar-refractivity contribution in [3.63, 3.8) is 0 Å². The van der Waals surface area contributed by atoms with Gasteiger partial charge in [-0.05, 0) is 48.8 Å². The van der Waals surface area contributed by atoms with Gasteiger partial charge in [-0.25, -0.2) is 0 Å². The molecule has 2 amide bonds. The number of carbonyl (C=O) groups excluding carboxylic acids is 2. The zero-order valence-corrected chi connectivity index (χ0v) is 16.3. The molecule has 1 aliphatic heterocycles. The minimum Gasteiger partial charge on any atom is -0.399 e. The number of para-hydroxylation sites is 1. The molecule has 148 valence electrons. The fraction of sp³-hybridized carbons (Fsp3) is 0.391. The van der Waals surface area contributed by atoms with Crippen LogP contribution in [0.25, 0.3) is 0 Å². The number of rotatable bonds is 7. The Balaban J connectivity index is 1.35. The molecular formula is C23H29N3O2. The van der Waals surface area contributed by atoms with Crippen LogP contribution in [0.1, 0.15) is 30.4 Å². The van der Waals surface area contributed by atoms with Gasteiger partial charge in [0.15, 0.2) is 0 Å². The maximum Gasteiger partial charge on any atom is 0.241 e. The summed E-state index contributed by atoms with van der Waals surface area (Å²) in [5, 5.41) is 2.75. The van der Waals surface area contributed by atoms with Gasteiger partial charge in [0.05, 0.1) is 6.54 Å². The predicted molar refractivity (Wildman–Crippen MR) is 112 cm³/mol. The average molecular weight is 380 g/mol. The van der Waals surface area contributed by atoms with Crippen LogP contribution in [-0.4, -0.2) is 36.3 Å². The third-order valence-corrected chi connectivity index (χ3v) is 5.45. The number of aryl methyl sites for hydroxylation is 1. The van der Waals surface area contributed by atoms with Crippen molar-refractivity contribution in [2.75, 3.05) is 25.4 Å². The molecule has 0 unspecified atom stereocenters. The van der Waals surface area contributed by atoms with Crippen LogP contribution < -0.4 is 11.1 Å². The molecule has 28 heavy (non-hydrogen) atoms. The highest BCUT2D eigenvalue weighted by Gasteiger charge is 2.23. The maximum absolute atomic E-state index is 12.4. The van der Waals surface area contributed by atoms with Crippen LogP contribution >= 0.6 is 0 Å². The van der Waals surface area contributed by atoms with Crippen molar-refractivity contribution in [1.82, 2.24) is 10.2 Å². The Kier molecular flexibility index (Phi) is 7.06. The lowest BCUT2D eigenvalue weighted by atomic mass is 9.90. The summed E-state index contributed by atoms with van der Waals surface area (Å²) in [5.74, 6) is 0.513. The van der Waals surface area contributed by atoms with Gasteiger partial charge in [0.2, 0.25) is 11.8 Å². The molecule has 2 aromatic rings. The lowest BCUT2D eigenvalue weighted by Gasteiger charge is -2.32. The number of amides is 2. The van der Waals surface area contributed by atoms with E-state index in [1.54, 1.807) is 0 Å². The number of nitrogen functional groups attached to an aromatic ring is 1. The van der Waals surface area contributed by atoms with Gasteiger partial charge >= 0.3 is 0 Å². The monoisotopic (exact) mass is 379 g/mol. The quantitative estimate of drug-likeness (QED) is 0.727. The first-order valence-corrected chi connectivity index (χ1v) is 10.0. The zero-order chi connectivity index (χ0) is 19.8. The summed E-state index contributed by atoms with van der Waals surface area (Å²) in [6.07, 6.45) is 4.02. The SMILES string of the molecule is Nc1ccccc1CCC(=O)NCC(=O)N1CCC(Cc2ccccc2)CC1. The lowest BCUT2D eigenvalue weighted by Crippen LogP contribution is -2.44. The summed E-state index contributed by atoms with van der Waals surface area (Å²) in [4.78, 5) is 26.3. The molecule has 0 spiro atoms. The van der Waals surface area contributed by atoms with Crippen molar-refractivity contribution in [3.8, 4) is 0 Å². The first kappa shape index (κ1) is 19.9. The third kappa shape index (κ3) is 5.84. The summed E-state index contributed by atoms with van der Waals surface area (Å²) in [5.41, 5.74) is 8.91. The number of nitrogens with one attached hydrogen (secondary N) is 1. The first-order chi connectivity index (χ1) is 13.6. The van der Waals surface area contributed by atoms with Crippen LogP contribution in [0.3, 0.4) is 0 Å². The molecule has 0 saturated carbocycles. The van der Waals surface area contributed by atoms with Crippen molar-refractivity contribution in [1.29, 1.82) is 0 Å². The highest BCUT2D eigenvalue weighted by Crippen LogP contribution is 2.21. The maximum atomic E-state index is 12.4. The molecule has 0 aliphatic carbocycles. The molecular weight excluding hydrogens is 350 g/mol. The molecule has 1 aliphatic rings. The van der Waals surface area contributed by atoms with Gasteiger partial charge in [-0.15, -0.1) is 0 Å². The first-order valence-electron chi connectivity index (χ1n) is 10.0. The molecule has 1 fully saturated rings. The minimum atomic E-state index is -0.115. The summed E-state index contributed by atoms with van der Waals surface area (Å²) in [6.45, 7) is 1.62. The molecule has 3 rings (SSSR count). The molecule has 1 heterocycles. The van der Waals surface area contributed by atoms with Crippen molar-refractivity contribution in [3.05, 3.63) is 65.7 Å². The van der Waals surface area contributed by atoms with Crippen LogP contribution in [-0.2, 0) is 22.4 Å². The second-order valence-electron chi connectivity index (χ2n) is 7.49. The smallest absolute Gasteiger partial charge is 0.241 e. The molecule has 0 bridgehead atoms. The average Bonchev–Trinajstić information content (AvgIpc) is 2.73. The molecule has 0 radical (unpaired) electrons. The normalized spacial score (nSPS) is 14.6. The Morgan fingerprint density at radius 1 is 1.00 bits per heavy atom. The molecule has 1 saturated heterocycles. The summed E-state index contributed by atoms with van der Waals surface area (Å²) < 4.78 is 0. The number of likely N-dealkylation sites (tertiary alicyclic amines) is 1. The minimum absolute atomic E-state index is 0.00531. The van der Waals surface area contributed by atoms with E-state index in [1.807, 2.05) is 35.2 Å². The largest absolute Gasteiger partial charge is 0.399 e. The van der Waals surface area contributed by atoms with Gasteiger partial charge in [-0.1, -0.05) is 48.5 Å². The number of hydrogen-bond acceptors (Lipinski definition) is 3. The Morgan fingerprint density at radius 3 is 2.39 bits per heavy atom. The number of nitrogens with zero attached hydrogens (tertiary/aromatic N) is 1. The number of benzene rings is 2. The van der Waals surface area contributed by atoms with Crippen LogP contribution in [0.15, 0.2) is 54.6 Å². The Bertz CT molecular complexity index is 783. The number of nitrogens with two attached hydrogens (primary N) is 1. The topological polar surface area (TPSA) is 75.4 Å². The van der Waals surface area contributed by atoms with E-state index in [1.165, 1.54) is 5.56 Å². The Labute approximate surface area is 166 Å². The molecule has 2 aromatic carbocycles. The fourth-order valence-electron chi connectivity index (χ4n) is 3.72. The van der Waals surface area contributed by atoms with Gasteiger partial charge in [-0.2, -0.15) is 0 Å². The Morgan fingerprint density at radius 2 is 1.68 bits per heavy atom. The molecule has 0 aromatic heterocycles. The Hall–Kier alpha value is -2.82. The standard InChI is InChI=1S/C23H29N3O2/c24-21-9-5-4-8-20(21)10-11-22(27)25-17-23(28)26-14-12-19(13-15-26)16-18-6-2-1-3-7-18/h1-9,19H,10-17,24H2,(H,25,27). The predicted octanol–water partition coefficient (Wildman–Crippen LogP) is 2.80. The van der Waals surface area contributed by atoms with Crippen molar-refractivity contribution in [2.45, 2.75) is 32.1 Å². The van der Waals surface area contributed by atoms with Crippen molar-refractivity contribution in [2.24, 2.45) is 5.92 Å². The van der Waals surface area contributed by atoms with Crippen LogP contribution in [0.5, 0.6) is 0 Å². The summed E-state index contributed by atoms with van der Waals surface area (Å²) >= 11 is 0. The highest BCUT2D eigenvalue weighted by atomic mass is 16.2. The molecule has 0 atom stereocenters. The van der Waals surface area contributed by atoms with Crippen LogP contribution in [0.4, 0.5) is 5.69 Å².